The maximum Gasteiger partial charge on any atom is 0.228 e. The van der Waals surface area contributed by atoms with Gasteiger partial charge in [0.05, 0.1) is 0 Å². The smallest absolute Gasteiger partial charge is 0.228 e. The van der Waals surface area contributed by atoms with Crippen molar-refractivity contribution in [3.05, 3.63) is 29.8 Å². The average Bonchev–Trinajstić information content (AvgIpc) is 3.21. The Balaban J connectivity index is 1.53. The Kier molecular flexibility index (Phi) is 4.29. The summed E-state index contributed by atoms with van der Waals surface area (Å²) in [5, 5.41) is 6.48. The molecule has 0 aromatic heterocycles. The molecule has 1 saturated heterocycles. The second-order valence-corrected chi connectivity index (χ2v) is 6.66. The minimum Gasteiger partial charge on any atom is -0.326 e. The van der Waals surface area contributed by atoms with Crippen molar-refractivity contribution in [2.24, 2.45) is 11.3 Å². The highest BCUT2D eigenvalue weighted by Gasteiger charge is 2.57. The van der Waals surface area contributed by atoms with Crippen LogP contribution in [0.15, 0.2) is 24.3 Å². The van der Waals surface area contributed by atoms with E-state index in [1.54, 1.807) is 0 Å². The van der Waals surface area contributed by atoms with E-state index in [4.69, 9.17) is 0 Å². The third kappa shape index (κ3) is 3.29. The summed E-state index contributed by atoms with van der Waals surface area (Å²) in [5.41, 5.74) is 2.61. The van der Waals surface area contributed by atoms with E-state index in [0.29, 0.717) is 5.41 Å². The molecular weight excluding hydrogens is 260 g/mol. The monoisotopic (exact) mass is 286 g/mol. The molecule has 1 aliphatic heterocycles. The molecule has 114 valence electrons. The molecule has 2 fully saturated rings. The van der Waals surface area contributed by atoms with E-state index in [-0.39, 0.29) is 11.8 Å². The van der Waals surface area contributed by atoms with Gasteiger partial charge in [0.2, 0.25) is 5.91 Å². The first kappa shape index (κ1) is 14.6. The predicted molar refractivity (Wildman–Crippen MR) is 86.3 cm³/mol. The van der Waals surface area contributed by atoms with Gasteiger partial charge in [0.25, 0.3) is 0 Å². The molecule has 21 heavy (non-hydrogen) atoms. The van der Waals surface area contributed by atoms with Crippen LogP contribution in [0.25, 0.3) is 0 Å². The SMILES string of the molecule is CCCCc1ccc(NC(=O)C2CC23CCNCC3)cc1. The van der Waals surface area contributed by atoms with Gasteiger partial charge < -0.3 is 10.6 Å². The summed E-state index contributed by atoms with van der Waals surface area (Å²) in [6.45, 7) is 4.34. The number of piperidine rings is 1. The Morgan fingerprint density at radius 3 is 2.67 bits per heavy atom. The first-order chi connectivity index (χ1) is 10.2. The summed E-state index contributed by atoms with van der Waals surface area (Å²) >= 11 is 0. The average molecular weight is 286 g/mol. The van der Waals surface area contributed by atoms with E-state index in [2.05, 4.69) is 29.7 Å². The van der Waals surface area contributed by atoms with Crippen molar-refractivity contribution in [2.45, 2.75) is 45.4 Å². The summed E-state index contributed by atoms with van der Waals surface area (Å²) in [6.07, 6.45) is 6.96. The van der Waals surface area contributed by atoms with Gasteiger partial charge in [-0.3, -0.25) is 4.79 Å². The van der Waals surface area contributed by atoms with Crippen LogP contribution >= 0.6 is 0 Å². The highest BCUT2D eigenvalue weighted by atomic mass is 16.2. The molecular formula is C18H26N2O. The van der Waals surface area contributed by atoms with E-state index in [1.807, 2.05) is 12.1 Å². The topological polar surface area (TPSA) is 41.1 Å². The van der Waals surface area contributed by atoms with Crippen molar-refractivity contribution in [1.82, 2.24) is 5.32 Å². The Morgan fingerprint density at radius 2 is 2.00 bits per heavy atom. The van der Waals surface area contributed by atoms with E-state index in [9.17, 15) is 4.79 Å². The summed E-state index contributed by atoms with van der Waals surface area (Å²) in [6, 6.07) is 8.36. The van der Waals surface area contributed by atoms with Crippen molar-refractivity contribution in [2.75, 3.05) is 18.4 Å². The summed E-state index contributed by atoms with van der Waals surface area (Å²) < 4.78 is 0. The molecule has 3 rings (SSSR count). The molecule has 1 amide bonds. The predicted octanol–water partition coefficient (Wildman–Crippen LogP) is 3.36. The van der Waals surface area contributed by atoms with Gasteiger partial charge in [-0.2, -0.15) is 0 Å². The van der Waals surface area contributed by atoms with E-state index in [0.717, 1.165) is 44.5 Å². The number of rotatable bonds is 5. The first-order valence-corrected chi connectivity index (χ1v) is 8.34. The fraction of sp³-hybridized carbons (Fsp3) is 0.611. The summed E-state index contributed by atoms with van der Waals surface area (Å²) in [4.78, 5) is 12.4. The molecule has 0 radical (unpaired) electrons. The lowest BCUT2D eigenvalue weighted by Crippen LogP contribution is -2.31. The van der Waals surface area contributed by atoms with Crippen molar-refractivity contribution >= 4 is 11.6 Å². The van der Waals surface area contributed by atoms with Crippen LogP contribution in [0.1, 0.15) is 44.6 Å². The molecule has 3 heteroatoms. The van der Waals surface area contributed by atoms with Crippen LogP contribution in [0.4, 0.5) is 5.69 Å². The fourth-order valence-corrected chi connectivity index (χ4v) is 3.56. The molecule has 1 heterocycles. The van der Waals surface area contributed by atoms with Crippen LogP contribution in [0.3, 0.4) is 0 Å². The van der Waals surface area contributed by atoms with Crippen molar-refractivity contribution in [3.63, 3.8) is 0 Å². The molecule has 3 nitrogen and oxygen atoms in total. The molecule has 0 bridgehead atoms. The normalized spacial score (nSPS) is 23.0. The van der Waals surface area contributed by atoms with Gasteiger partial charge in [0.15, 0.2) is 0 Å². The largest absolute Gasteiger partial charge is 0.326 e. The number of carbonyl (C=O) groups is 1. The second-order valence-electron chi connectivity index (χ2n) is 6.66. The Morgan fingerprint density at radius 1 is 1.29 bits per heavy atom. The first-order valence-electron chi connectivity index (χ1n) is 8.34. The maximum absolute atomic E-state index is 12.4. The van der Waals surface area contributed by atoms with Crippen LogP contribution in [0, 0.1) is 11.3 Å². The minimum atomic E-state index is 0.221. The van der Waals surface area contributed by atoms with Crippen molar-refractivity contribution in [1.29, 1.82) is 0 Å². The van der Waals surface area contributed by atoms with Crippen molar-refractivity contribution < 1.29 is 4.79 Å². The number of hydrogen-bond acceptors (Lipinski definition) is 2. The Labute approximate surface area is 127 Å². The van der Waals surface area contributed by atoms with Crippen LogP contribution in [0.5, 0.6) is 0 Å². The van der Waals surface area contributed by atoms with Gasteiger partial charge in [-0.15, -0.1) is 0 Å². The van der Waals surface area contributed by atoms with Crippen LogP contribution < -0.4 is 10.6 Å². The summed E-state index contributed by atoms with van der Waals surface area (Å²) in [7, 11) is 0. The standard InChI is InChI=1S/C18H26N2O/c1-2-3-4-14-5-7-15(8-6-14)20-17(21)16-13-18(16)9-11-19-12-10-18/h5-8,16,19H,2-4,9-13H2,1H3,(H,20,21). The van der Waals surface area contributed by atoms with Crippen molar-refractivity contribution in [3.8, 4) is 0 Å². The highest BCUT2D eigenvalue weighted by Crippen LogP contribution is 2.58. The summed E-state index contributed by atoms with van der Waals surface area (Å²) in [5.74, 6) is 0.456. The molecule has 1 aromatic carbocycles. The number of nitrogens with one attached hydrogen (secondary N) is 2. The van der Waals surface area contributed by atoms with Crippen LogP contribution in [-0.4, -0.2) is 19.0 Å². The number of anilines is 1. The van der Waals surface area contributed by atoms with Crippen LogP contribution in [0.2, 0.25) is 0 Å². The van der Waals surface area contributed by atoms with Gasteiger partial charge in [-0.1, -0.05) is 25.5 Å². The number of carbonyl (C=O) groups excluding carboxylic acids is 1. The van der Waals surface area contributed by atoms with Crippen LogP contribution in [-0.2, 0) is 11.2 Å². The van der Waals surface area contributed by atoms with E-state index < -0.39 is 0 Å². The number of aryl methyl sites for hydroxylation is 1. The van der Waals surface area contributed by atoms with E-state index >= 15 is 0 Å². The lowest BCUT2D eigenvalue weighted by molar-refractivity contribution is -0.118. The number of benzene rings is 1. The zero-order valence-electron chi connectivity index (χ0n) is 13.0. The van der Waals surface area contributed by atoms with Gasteiger partial charge in [-0.05, 0) is 68.3 Å². The Hall–Kier alpha value is -1.35. The number of unbranched alkanes of at least 4 members (excludes halogenated alkanes) is 1. The van der Waals surface area contributed by atoms with Gasteiger partial charge >= 0.3 is 0 Å². The number of hydrogen-bond donors (Lipinski definition) is 2. The molecule has 1 aromatic rings. The Bertz CT molecular complexity index is 488. The molecule has 1 atom stereocenters. The third-order valence-electron chi connectivity index (χ3n) is 5.15. The lowest BCUT2D eigenvalue weighted by atomic mass is 9.92. The number of amides is 1. The van der Waals surface area contributed by atoms with Gasteiger partial charge in [-0.25, -0.2) is 0 Å². The second kappa shape index (κ2) is 6.18. The molecule has 1 aliphatic carbocycles. The maximum atomic E-state index is 12.4. The molecule has 1 saturated carbocycles. The quantitative estimate of drug-likeness (QED) is 0.871. The highest BCUT2D eigenvalue weighted by molar-refractivity contribution is 5.95. The lowest BCUT2D eigenvalue weighted by Gasteiger charge is -2.23. The third-order valence-corrected chi connectivity index (χ3v) is 5.15. The molecule has 1 unspecified atom stereocenters. The minimum absolute atomic E-state index is 0.221. The molecule has 1 spiro atoms. The van der Waals surface area contributed by atoms with E-state index in [1.165, 1.54) is 18.4 Å². The molecule has 2 N–H and O–H groups in total. The zero-order valence-corrected chi connectivity index (χ0v) is 13.0. The zero-order chi connectivity index (χ0) is 14.7. The van der Waals surface area contributed by atoms with Gasteiger partial charge in [0.1, 0.15) is 0 Å². The fourth-order valence-electron chi connectivity index (χ4n) is 3.56. The molecule has 2 aliphatic rings. The van der Waals surface area contributed by atoms with Gasteiger partial charge in [0, 0.05) is 11.6 Å².